The molecule has 29 heavy (non-hydrogen) atoms. The summed E-state index contributed by atoms with van der Waals surface area (Å²) in [6.45, 7) is 0.742. The number of methoxy groups -OCH3 is 2. The number of carbonyl (C=O) groups excluding carboxylic acids is 3. The molecule has 0 radical (unpaired) electrons. The molecule has 0 unspecified atom stereocenters. The molecule has 0 atom stereocenters. The molecule has 7 nitrogen and oxygen atoms in total. The fourth-order valence-electron chi connectivity index (χ4n) is 4.14. The van der Waals surface area contributed by atoms with Gasteiger partial charge >= 0.3 is 11.9 Å². The number of benzene rings is 1. The van der Waals surface area contributed by atoms with Gasteiger partial charge in [-0.3, -0.25) is 4.79 Å². The van der Waals surface area contributed by atoms with Gasteiger partial charge in [-0.15, -0.1) is 0 Å². The summed E-state index contributed by atoms with van der Waals surface area (Å²) in [7, 11) is 2.55. The molecule has 1 aromatic rings. The van der Waals surface area contributed by atoms with E-state index in [1.165, 1.54) is 20.3 Å². The first kappa shape index (κ1) is 19.0. The number of rotatable bonds is 3. The highest BCUT2D eigenvalue weighted by atomic mass is 16.5. The lowest BCUT2D eigenvalue weighted by Crippen LogP contribution is -2.39. The number of carbonyl (C=O) groups is 3. The van der Waals surface area contributed by atoms with Gasteiger partial charge in [-0.05, 0) is 54.7 Å². The molecule has 150 valence electrons. The molecule has 3 aliphatic rings. The normalized spacial score (nSPS) is 17.8. The highest BCUT2D eigenvalue weighted by Crippen LogP contribution is 2.40. The van der Waals surface area contributed by atoms with Crippen molar-refractivity contribution in [1.82, 2.24) is 0 Å². The van der Waals surface area contributed by atoms with Crippen LogP contribution in [0.3, 0.4) is 0 Å². The number of aryl methyl sites for hydroxylation is 2. The fraction of sp³-hybridized carbons (Fsp3) is 0.318. The van der Waals surface area contributed by atoms with Gasteiger partial charge in [0.05, 0.1) is 25.5 Å². The molecule has 0 N–H and O–H groups in total. The number of amides is 1. The summed E-state index contributed by atoms with van der Waals surface area (Å²) in [5, 5.41) is 0. The van der Waals surface area contributed by atoms with E-state index in [0.717, 1.165) is 41.9 Å². The van der Waals surface area contributed by atoms with Crippen LogP contribution in [0.25, 0.3) is 0 Å². The second-order valence-corrected chi connectivity index (χ2v) is 7.08. The molecule has 0 saturated carbocycles. The summed E-state index contributed by atoms with van der Waals surface area (Å²) in [6.07, 6.45) is 9.57. The minimum absolute atomic E-state index is 0.0936. The number of hydrogen-bond acceptors (Lipinski definition) is 6. The van der Waals surface area contributed by atoms with Crippen LogP contribution in [-0.2, 0) is 36.7 Å². The van der Waals surface area contributed by atoms with E-state index < -0.39 is 11.9 Å². The van der Waals surface area contributed by atoms with E-state index in [-0.39, 0.29) is 17.2 Å². The Morgan fingerprint density at radius 1 is 0.966 bits per heavy atom. The summed E-state index contributed by atoms with van der Waals surface area (Å²) >= 11 is 0. The molecule has 3 heterocycles. The Kier molecular flexibility index (Phi) is 4.96. The zero-order valence-electron chi connectivity index (χ0n) is 16.4. The van der Waals surface area contributed by atoms with Gasteiger partial charge in [0, 0.05) is 24.9 Å². The van der Waals surface area contributed by atoms with Crippen molar-refractivity contribution >= 4 is 29.2 Å². The maximum Gasteiger partial charge on any atom is 0.355 e. The first-order valence-corrected chi connectivity index (χ1v) is 9.56. The Morgan fingerprint density at radius 2 is 1.69 bits per heavy atom. The summed E-state index contributed by atoms with van der Waals surface area (Å²) < 4.78 is 9.84. The summed E-state index contributed by atoms with van der Waals surface area (Å²) in [5.74, 6) is -1.09. The van der Waals surface area contributed by atoms with Gasteiger partial charge in [-0.1, -0.05) is 6.08 Å². The van der Waals surface area contributed by atoms with Gasteiger partial charge in [-0.2, -0.15) is 0 Å². The minimum Gasteiger partial charge on any atom is -0.465 e. The van der Waals surface area contributed by atoms with Gasteiger partial charge in [0.1, 0.15) is 5.70 Å². The lowest BCUT2D eigenvalue weighted by atomic mass is 9.90. The molecular weight excluding hydrogens is 372 g/mol. The van der Waals surface area contributed by atoms with Gasteiger partial charge in [-0.25, -0.2) is 9.59 Å². The lowest BCUT2D eigenvalue weighted by Gasteiger charge is -2.36. The predicted molar refractivity (Wildman–Crippen MR) is 107 cm³/mol. The van der Waals surface area contributed by atoms with Crippen LogP contribution < -0.4 is 9.80 Å². The van der Waals surface area contributed by atoms with E-state index in [1.54, 1.807) is 23.3 Å². The molecule has 0 bridgehead atoms. The summed E-state index contributed by atoms with van der Waals surface area (Å²) in [5.41, 5.74) is 4.11. The summed E-state index contributed by atoms with van der Waals surface area (Å²) in [4.78, 5) is 40.8. The average Bonchev–Trinajstić information content (AvgIpc) is 2.98. The first-order valence-electron chi connectivity index (χ1n) is 9.56. The molecule has 0 saturated heterocycles. The predicted octanol–water partition coefficient (Wildman–Crippen LogP) is 2.40. The highest BCUT2D eigenvalue weighted by Gasteiger charge is 2.32. The maximum atomic E-state index is 12.6. The zero-order chi connectivity index (χ0) is 20.5. The molecule has 4 rings (SSSR count). The Labute approximate surface area is 168 Å². The van der Waals surface area contributed by atoms with Gasteiger partial charge < -0.3 is 19.3 Å². The van der Waals surface area contributed by atoms with Crippen LogP contribution in [0.15, 0.2) is 47.8 Å². The van der Waals surface area contributed by atoms with Crippen LogP contribution in [0.2, 0.25) is 0 Å². The molecule has 0 fully saturated rings. The smallest absolute Gasteiger partial charge is 0.355 e. The third kappa shape index (κ3) is 3.22. The van der Waals surface area contributed by atoms with Crippen LogP contribution in [0.1, 0.15) is 24.0 Å². The van der Waals surface area contributed by atoms with Crippen LogP contribution in [0.5, 0.6) is 0 Å². The lowest BCUT2D eigenvalue weighted by molar-refractivity contribution is -0.139. The van der Waals surface area contributed by atoms with Gasteiger partial charge in [0.25, 0.3) is 0 Å². The molecule has 1 aromatic carbocycles. The Balaban J connectivity index is 1.88. The number of esters is 2. The van der Waals surface area contributed by atoms with Crippen molar-refractivity contribution in [3.05, 3.63) is 59.0 Å². The summed E-state index contributed by atoms with van der Waals surface area (Å²) in [6, 6.07) is 3.97. The van der Waals surface area contributed by atoms with E-state index >= 15 is 0 Å². The molecule has 0 aliphatic carbocycles. The van der Waals surface area contributed by atoms with Crippen LogP contribution in [0.4, 0.5) is 11.4 Å². The van der Waals surface area contributed by atoms with E-state index in [4.69, 9.17) is 9.47 Å². The Hall–Kier alpha value is -3.35. The average molecular weight is 394 g/mol. The fourth-order valence-corrected chi connectivity index (χ4v) is 4.14. The van der Waals surface area contributed by atoms with Crippen LogP contribution in [-0.4, -0.2) is 38.6 Å². The molecule has 7 heteroatoms. The topological polar surface area (TPSA) is 76.2 Å². The number of nitrogens with zero attached hydrogens (tertiary/aromatic N) is 2. The maximum absolute atomic E-state index is 12.6. The van der Waals surface area contributed by atoms with Crippen molar-refractivity contribution in [3.63, 3.8) is 0 Å². The second kappa shape index (κ2) is 7.58. The van der Waals surface area contributed by atoms with Crippen molar-refractivity contribution in [2.24, 2.45) is 0 Å². The van der Waals surface area contributed by atoms with Crippen molar-refractivity contribution in [2.75, 3.05) is 30.6 Å². The SMILES string of the molecule is COC(=O)C1=C(C(=O)OC)N(c2cc3c4c(c2)CCC(=O)N4CCC3)C=CC=C1. The van der Waals surface area contributed by atoms with E-state index in [1.807, 2.05) is 17.0 Å². The number of allylic oxidation sites excluding steroid dienone is 2. The zero-order valence-corrected chi connectivity index (χ0v) is 16.4. The molecular formula is C22H22N2O5. The molecule has 3 aliphatic heterocycles. The largest absolute Gasteiger partial charge is 0.465 e. The van der Waals surface area contributed by atoms with Crippen molar-refractivity contribution < 1.29 is 23.9 Å². The third-order valence-electron chi connectivity index (χ3n) is 5.43. The van der Waals surface area contributed by atoms with Gasteiger partial charge in [0.2, 0.25) is 5.91 Å². The molecule has 1 amide bonds. The molecule has 0 aromatic heterocycles. The minimum atomic E-state index is -0.634. The van der Waals surface area contributed by atoms with E-state index in [9.17, 15) is 14.4 Å². The Morgan fingerprint density at radius 3 is 2.41 bits per heavy atom. The quantitative estimate of drug-likeness (QED) is 0.733. The monoisotopic (exact) mass is 394 g/mol. The van der Waals surface area contributed by atoms with Crippen LogP contribution >= 0.6 is 0 Å². The van der Waals surface area contributed by atoms with Crippen LogP contribution in [0, 0.1) is 0 Å². The van der Waals surface area contributed by atoms with E-state index in [2.05, 4.69) is 0 Å². The van der Waals surface area contributed by atoms with Gasteiger partial charge in [0.15, 0.2) is 0 Å². The highest BCUT2D eigenvalue weighted by molar-refractivity contribution is 6.05. The number of ether oxygens (including phenoxy) is 2. The third-order valence-corrected chi connectivity index (χ3v) is 5.43. The van der Waals surface area contributed by atoms with Crippen molar-refractivity contribution in [2.45, 2.75) is 25.7 Å². The Bertz CT molecular complexity index is 972. The number of anilines is 2. The van der Waals surface area contributed by atoms with Crippen molar-refractivity contribution in [1.29, 1.82) is 0 Å². The number of hydrogen-bond donors (Lipinski definition) is 0. The van der Waals surface area contributed by atoms with Crippen molar-refractivity contribution in [3.8, 4) is 0 Å². The second-order valence-electron chi connectivity index (χ2n) is 7.08. The van der Waals surface area contributed by atoms with E-state index in [0.29, 0.717) is 12.8 Å². The molecule has 0 spiro atoms. The first-order chi connectivity index (χ1) is 14.0. The standard InChI is InChI=1S/C22H22N2O5/c1-28-21(26)17-7-3-4-10-23(20(17)22(27)29-2)16-12-14-6-5-11-24-18(25)9-8-15(13-16)19(14)24/h3-4,7,10,12-13H,5-6,8-9,11H2,1-2H3.